The van der Waals surface area contributed by atoms with Crippen molar-refractivity contribution in [3.8, 4) is 0 Å². The van der Waals surface area contributed by atoms with Crippen LogP contribution in [0.4, 0.5) is 0 Å². The molecule has 0 radical (unpaired) electrons. The van der Waals surface area contributed by atoms with Crippen molar-refractivity contribution in [3.05, 3.63) is 77.7 Å². The smallest absolute Gasteiger partial charge is 0.370 e. The predicted octanol–water partition coefficient (Wildman–Crippen LogP) is 8.42. The van der Waals surface area contributed by atoms with Gasteiger partial charge < -0.3 is 10.4 Å². The molecule has 2 N–H and O–H groups in total. The van der Waals surface area contributed by atoms with Crippen LogP contribution in [0.1, 0.15) is 112 Å². The monoisotopic (exact) mass is 701 g/mol. The van der Waals surface area contributed by atoms with Crippen molar-refractivity contribution in [2.45, 2.75) is 118 Å². The number of allylic oxidation sites excluding steroid dienone is 6. The van der Waals surface area contributed by atoms with Crippen molar-refractivity contribution in [3.63, 3.8) is 0 Å². The minimum Gasteiger partial charge on any atom is -0.478 e. The number of aliphatic carboxylic acids is 1. The maximum atomic E-state index is 13.2. The van der Waals surface area contributed by atoms with Crippen LogP contribution in [0.2, 0.25) is 0 Å². The lowest BCUT2D eigenvalue weighted by molar-refractivity contribution is -0.511. The van der Waals surface area contributed by atoms with Crippen molar-refractivity contribution < 1.29 is 22.3 Å². The van der Waals surface area contributed by atoms with Gasteiger partial charge in [0, 0.05) is 29.8 Å². The van der Waals surface area contributed by atoms with Gasteiger partial charge in [-0.05, 0) is 140 Å². The molecule has 0 saturated heterocycles. The van der Waals surface area contributed by atoms with E-state index in [0.717, 1.165) is 32.1 Å². The highest BCUT2D eigenvalue weighted by Crippen LogP contribution is 2.76. The van der Waals surface area contributed by atoms with Gasteiger partial charge in [0.2, 0.25) is 0 Å². The standard InChI is InChI=1S/C43H60N2O4S/c1-29(2)32-17-22-43(44-25-28-50(48,49)45-26-9-8-10-27-45)24-23-41(6)34(37(32)43)15-16-36-40(5)20-18-33(30-11-13-31(14-12-30)38(46)47)39(3,4)35(40)19-21-42(36,41)7/h8-11,13,18,26-27,32,34-37,44H,1,12,14-17,19-25,28H2,2-7H3/p+1/t32-,34+,35-,36+,37+,40-,41+,42+,43-/m0/s1. The fraction of sp³-hybridized carbons (Fsp3) is 0.674. The molecular formula is C43H61N2O4S+. The number of carboxylic acid groups (broad SMARTS) is 1. The van der Waals surface area contributed by atoms with Gasteiger partial charge >= 0.3 is 16.0 Å². The molecule has 6 aliphatic rings. The Kier molecular flexibility index (Phi) is 8.81. The van der Waals surface area contributed by atoms with E-state index >= 15 is 0 Å². The molecule has 1 heterocycles. The summed E-state index contributed by atoms with van der Waals surface area (Å²) in [6.45, 7) is 20.2. The predicted molar refractivity (Wildman–Crippen MR) is 200 cm³/mol. The second-order valence-corrected chi connectivity index (χ2v) is 20.5. The Bertz CT molecular complexity index is 1760. The number of pyridine rings is 1. The van der Waals surface area contributed by atoms with Gasteiger partial charge in [-0.15, -0.1) is 0 Å². The van der Waals surface area contributed by atoms with Gasteiger partial charge in [-0.3, -0.25) is 0 Å². The van der Waals surface area contributed by atoms with Crippen molar-refractivity contribution in [1.29, 1.82) is 0 Å². The first-order valence-electron chi connectivity index (χ1n) is 19.4. The SMILES string of the molecule is C=C(C)[C@@H]1CC[C@]2(NCCS(=O)(=O)[n+]3ccccc3)CC[C@]3(C)[C@H](CC[C@@H]4[C@@]5(C)CC=C(C6=CC=C(C(=O)O)CC6)C(C)(C)[C@@H]5CC[C@]43C)[C@@H]12. The van der Waals surface area contributed by atoms with Crippen LogP contribution in [0.15, 0.2) is 77.7 Å². The van der Waals surface area contributed by atoms with Gasteiger partial charge in [0.25, 0.3) is 0 Å². The van der Waals surface area contributed by atoms with E-state index < -0.39 is 16.0 Å². The van der Waals surface area contributed by atoms with Crippen LogP contribution >= 0.6 is 0 Å². The maximum Gasteiger partial charge on any atom is 0.370 e. The molecule has 1 aromatic heterocycles. The number of hydrogen-bond donors (Lipinski definition) is 2. The zero-order valence-electron chi connectivity index (χ0n) is 31.4. The van der Waals surface area contributed by atoms with Crippen LogP contribution < -0.4 is 9.29 Å². The molecule has 0 amide bonds. The molecule has 0 bridgehead atoms. The first-order valence-corrected chi connectivity index (χ1v) is 21.1. The van der Waals surface area contributed by atoms with E-state index in [2.05, 4.69) is 65.6 Å². The maximum absolute atomic E-state index is 13.2. The Labute approximate surface area is 301 Å². The molecular weight excluding hydrogens is 641 g/mol. The van der Waals surface area contributed by atoms with Gasteiger partial charge in [0.15, 0.2) is 12.4 Å². The van der Waals surface area contributed by atoms with Crippen LogP contribution in [0.3, 0.4) is 0 Å². The van der Waals surface area contributed by atoms with Crippen molar-refractivity contribution in [1.82, 2.24) is 5.32 Å². The fourth-order valence-corrected chi connectivity index (χ4v) is 14.8. The summed E-state index contributed by atoms with van der Waals surface area (Å²) in [6, 6.07) is 5.39. The Morgan fingerprint density at radius 3 is 2.32 bits per heavy atom. The summed E-state index contributed by atoms with van der Waals surface area (Å²) in [7, 11) is -3.43. The molecule has 0 aromatic carbocycles. The molecule has 0 spiro atoms. The number of nitrogens with one attached hydrogen (secondary N) is 1. The minimum atomic E-state index is -3.43. The normalized spacial score (nSPS) is 40.6. The van der Waals surface area contributed by atoms with Crippen LogP contribution in [-0.4, -0.2) is 37.3 Å². The zero-order chi connectivity index (χ0) is 35.9. The average Bonchev–Trinajstić information content (AvgIpc) is 3.45. The highest BCUT2D eigenvalue weighted by atomic mass is 32.2. The molecule has 0 unspecified atom stereocenters. The second kappa shape index (κ2) is 12.3. The summed E-state index contributed by atoms with van der Waals surface area (Å²) in [6.07, 6.45) is 21.8. The third kappa shape index (κ3) is 5.29. The van der Waals surface area contributed by atoms with E-state index in [4.69, 9.17) is 0 Å². The summed E-state index contributed by atoms with van der Waals surface area (Å²) in [5.41, 5.74) is 5.26. The lowest BCUT2D eigenvalue weighted by Gasteiger charge is -2.72. The van der Waals surface area contributed by atoms with Crippen LogP contribution in [0.25, 0.3) is 0 Å². The molecule has 7 rings (SSSR count). The molecule has 6 aliphatic carbocycles. The summed E-state index contributed by atoms with van der Waals surface area (Å²) < 4.78 is 27.8. The van der Waals surface area contributed by atoms with Crippen molar-refractivity contribution in [2.75, 3.05) is 12.3 Å². The minimum absolute atomic E-state index is 0.0347. The Morgan fingerprint density at radius 2 is 1.66 bits per heavy atom. The summed E-state index contributed by atoms with van der Waals surface area (Å²) in [4.78, 5) is 11.6. The van der Waals surface area contributed by atoms with Gasteiger partial charge in [-0.1, -0.05) is 75.0 Å². The van der Waals surface area contributed by atoms with E-state index in [0.29, 0.717) is 48.1 Å². The van der Waals surface area contributed by atoms with Crippen LogP contribution in [0, 0.1) is 51.2 Å². The quantitative estimate of drug-likeness (QED) is 0.210. The van der Waals surface area contributed by atoms with Gasteiger partial charge in [-0.25, -0.2) is 4.79 Å². The largest absolute Gasteiger partial charge is 0.478 e. The molecule has 4 saturated carbocycles. The molecule has 50 heavy (non-hydrogen) atoms. The number of carbonyl (C=O) groups is 1. The number of fused-ring (bicyclic) bond motifs is 7. The van der Waals surface area contributed by atoms with Crippen molar-refractivity contribution in [2.24, 2.45) is 51.2 Å². The fourth-order valence-electron chi connectivity index (χ4n) is 13.7. The van der Waals surface area contributed by atoms with Gasteiger partial charge in [0.05, 0.1) is 0 Å². The highest BCUT2D eigenvalue weighted by molar-refractivity contribution is 7.84. The van der Waals surface area contributed by atoms with E-state index in [9.17, 15) is 18.3 Å². The zero-order valence-corrected chi connectivity index (χ0v) is 32.2. The molecule has 272 valence electrons. The average molecular weight is 702 g/mol. The lowest BCUT2D eigenvalue weighted by Crippen LogP contribution is -2.68. The third-order valence-corrected chi connectivity index (χ3v) is 17.9. The molecule has 0 aliphatic heterocycles. The van der Waals surface area contributed by atoms with E-state index in [1.54, 1.807) is 24.5 Å². The third-order valence-electron chi connectivity index (χ3n) is 16.3. The van der Waals surface area contributed by atoms with Crippen molar-refractivity contribution >= 4 is 16.0 Å². The number of hydrogen-bond acceptors (Lipinski definition) is 4. The highest BCUT2D eigenvalue weighted by Gasteiger charge is 2.70. The summed E-state index contributed by atoms with van der Waals surface area (Å²) in [5.74, 6) is 2.06. The van der Waals surface area contributed by atoms with Gasteiger partial charge in [0.1, 0.15) is 5.75 Å². The topological polar surface area (TPSA) is 87.4 Å². The lowest BCUT2D eigenvalue weighted by atomic mass is 9.33. The van der Waals surface area contributed by atoms with Crippen LogP contribution in [-0.2, 0) is 14.8 Å². The summed E-state index contributed by atoms with van der Waals surface area (Å²) in [5, 5.41) is 13.5. The van der Waals surface area contributed by atoms with E-state index in [1.807, 2.05) is 12.1 Å². The molecule has 6 nitrogen and oxygen atoms in total. The van der Waals surface area contributed by atoms with Crippen LogP contribution in [0.5, 0.6) is 0 Å². The Morgan fingerprint density at radius 1 is 0.920 bits per heavy atom. The summed E-state index contributed by atoms with van der Waals surface area (Å²) >= 11 is 0. The molecule has 4 fully saturated rings. The second-order valence-electron chi connectivity index (χ2n) is 18.5. The Balaban J connectivity index is 1.16. The van der Waals surface area contributed by atoms with Gasteiger partial charge in [-0.2, -0.15) is 8.42 Å². The number of rotatable bonds is 8. The Hall–Kier alpha value is -2.51. The first-order chi connectivity index (χ1) is 23.5. The molecule has 7 heteroatoms. The van der Waals surface area contributed by atoms with E-state index in [-0.39, 0.29) is 33.0 Å². The number of carboxylic acids is 1. The number of aromatic nitrogens is 1. The van der Waals surface area contributed by atoms with E-state index in [1.165, 1.54) is 52.8 Å². The number of nitrogens with zero attached hydrogens (tertiary/aromatic N) is 1. The first kappa shape index (κ1) is 35.9. The molecule has 9 atom stereocenters. The molecule has 1 aromatic rings.